The number of carbonyl (C=O) groups excluding carboxylic acids is 2. The summed E-state index contributed by atoms with van der Waals surface area (Å²) in [5, 5.41) is 11.8. The Kier molecular flexibility index (Phi) is 6.36. The fraction of sp³-hybridized carbons (Fsp3) is 0.286. The maximum Gasteiger partial charge on any atom is 0.335 e. The van der Waals surface area contributed by atoms with E-state index >= 15 is 0 Å². The number of hydrogen-bond donors (Lipinski definition) is 2. The van der Waals surface area contributed by atoms with Gasteiger partial charge in [-0.05, 0) is 48.4 Å². The summed E-state index contributed by atoms with van der Waals surface area (Å²) in [5.74, 6) is 0.765. The number of thioether (sulfide) groups is 1. The van der Waals surface area contributed by atoms with Crippen LogP contribution in [0.25, 0.3) is 0 Å². The van der Waals surface area contributed by atoms with Crippen LogP contribution >= 0.6 is 11.8 Å². The molecule has 1 heterocycles. The number of nitrogens with one attached hydrogen (secondary N) is 1. The number of nitrogens with zero attached hydrogens (tertiary/aromatic N) is 1. The van der Waals surface area contributed by atoms with Crippen LogP contribution in [-0.2, 0) is 11.2 Å². The van der Waals surface area contributed by atoms with Crippen LogP contribution in [0.3, 0.4) is 0 Å². The summed E-state index contributed by atoms with van der Waals surface area (Å²) in [6.07, 6.45) is 0.144. The molecular formula is C21H22N2O4S. The van der Waals surface area contributed by atoms with Gasteiger partial charge in [-0.3, -0.25) is 9.59 Å². The van der Waals surface area contributed by atoms with Crippen molar-refractivity contribution in [3.8, 4) is 0 Å². The van der Waals surface area contributed by atoms with Crippen LogP contribution in [0.5, 0.6) is 0 Å². The zero-order valence-electron chi connectivity index (χ0n) is 15.6. The second-order valence-electron chi connectivity index (χ2n) is 6.66. The Morgan fingerprint density at radius 2 is 1.68 bits per heavy atom. The fourth-order valence-electron chi connectivity index (χ4n) is 3.03. The average Bonchev–Trinajstić information content (AvgIpc) is 2.70. The summed E-state index contributed by atoms with van der Waals surface area (Å²) in [6.45, 7) is 3.39. The van der Waals surface area contributed by atoms with Crippen molar-refractivity contribution in [2.24, 2.45) is 0 Å². The predicted octanol–water partition coefficient (Wildman–Crippen LogP) is 3.06. The van der Waals surface area contributed by atoms with E-state index in [0.717, 1.165) is 35.7 Å². The minimum atomic E-state index is -0.996. The van der Waals surface area contributed by atoms with Crippen molar-refractivity contribution in [3.63, 3.8) is 0 Å². The van der Waals surface area contributed by atoms with E-state index in [2.05, 4.69) is 5.32 Å². The van der Waals surface area contributed by atoms with Crippen molar-refractivity contribution in [3.05, 3.63) is 64.7 Å². The monoisotopic (exact) mass is 398 g/mol. The molecule has 0 bridgehead atoms. The molecular weight excluding hydrogens is 376 g/mol. The van der Waals surface area contributed by atoms with Crippen molar-refractivity contribution in [1.29, 1.82) is 0 Å². The summed E-state index contributed by atoms with van der Waals surface area (Å²) in [4.78, 5) is 37.7. The Morgan fingerprint density at radius 1 is 1.04 bits per heavy atom. The van der Waals surface area contributed by atoms with Gasteiger partial charge < -0.3 is 15.3 Å². The van der Waals surface area contributed by atoms with Crippen LogP contribution in [0.1, 0.15) is 31.8 Å². The first-order chi connectivity index (χ1) is 13.4. The molecule has 6 nitrogen and oxygen atoms in total. The number of anilines is 1. The van der Waals surface area contributed by atoms with Crippen LogP contribution in [0, 0.1) is 6.92 Å². The predicted molar refractivity (Wildman–Crippen MR) is 110 cm³/mol. The van der Waals surface area contributed by atoms with Gasteiger partial charge >= 0.3 is 5.97 Å². The molecule has 1 fully saturated rings. The maximum atomic E-state index is 12.6. The molecule has 1 aliphatic rings. The van der Waals surface area contributed by atoms with E-state index in [4.69, 9.17) is 5.11 Å². The topological polar surface area (TPSA) is 86.7 Å². The van der Waals surface area contributed by atoms with E-state index < -0.39 is 5.97 Å². The van der Waals surface area contributed by atoms with Gasteiger partial charge in [-0.15, -0.1) is 0 Å². The van der Waals surface area contributed by atoms with Gasteiger partial charge in [0.25, 0.3) is 5.91 Å². The Bertz CT molecular complexity index is 890. The molecule has 0 aromatic heterocycles. The first-order valence-corrected chi connectivity index (χ1v) is 10.2. The molecule has 3 rings (SSSR count). The van der Waals surface area contributed by atoms with Crippen LogP contribution < -0.4 is 5.32 Å². The maximum absolute atomic E-state index is 12.6. The van der Waals surface area contributed by atoms with Crippen LogP contribution in [0.2, 0.25) is 0 Å². The Morgan fingerprint density at radius 3 is 2.29 bits per heavy atom. The normalized spacial score (nSPS) is 13.8. The highest BCUT2D eigenvalue weighted by molar-refractivity contribution is 7.99. The molecule has 2 aromatic rings. The van der Waals surface area contributed by atoms with Crippen LogP contribution in [0.15, 0.2) is 42.5 Å². The standard InChI is InChI=1S/C21H22N2O4S/c1-14-12-17(20(25)23-8-10-28-11-9-23)6-7-18(14)22-19(24)13-15-2-4-16(5-3-15)21(26)27/h2-7,12H,8-11,13H2,1H3,(H,22,24)(H,26,27). The Balaban J connectivity index is 1.62. The van der Waals surface area contributed by atoms with Crippen molar-refractivity contribution in [2.75, 3.05) is 29.9 Å². The van der Waals surface area contributed by atoms with Gasteiger partial charge in [0.05, 0.1) is 12.0 Å². The number of amides is 2. The number of aromatic carboxylic acids is 1. The van der Waals surface area contributed by atoms with E-state index in [1.807, 2.05) is 23.6 Å². The summed E-state index contributed by atoms with van der Waals surface area (Å²) >= 11 is 1.86. The van der Waals surface area contributed by atoms with Gasteiger partial charge in [0.2, 0.25) is 5.91 Å². The molecule has 28 heavy (non-hydrogen) atoms. The number of hydrogen-bond acceptors (Lipinski definition) is 4. The molecule has 0 aliphatic carbocycles. The van der Waals surface area contributed by atoms with Crippen LogP contribution in [0.4, 0.5) is 5.69 Å². The molecule has 0 atom stereocenters. The molecule has 1 saturated heterocycles. The zero-order valence-corrected chi connectivity index (χ0v) is 16.4. The Hall–Kier alpha value is -2.80. The average molecular weight is 398 g/mol. The molecule has 0 radical (unpaired) electrons. The highest BCUT2D eigenvalue weighted by Gasteiger charge is 2.19. The SMILES string of the molecule is Cc1cc(C(=O)N2CCSCC2)ccc1NC(=O)Cc1ccc(C(=O)O)cc1. The molecule has 0 unspecified atom stereocenters. The quantitative estimate of drug-likeness (QED) is 0.808. The summed E-state index contributed by atoms with van der Waals surface area (Å²) in [5.41, 5.74) is 3.04. The number of carboxylic acids is 1. The van der Waals surface area contributed by atoms with Gasteiger partial charge in [0.15, 0.2) is 0 Å². The largest absolute Gasteiger partial charge is 0.478 e. The van der Waals surface area contributed by atoms with E-state index in [-0.39, 0.29) is 23.8 Å². The second kappa shape index (κ2) is 8.93. The fourth-order valence-corrected chi connectivity index (χ4v) is 3.93. The number of benzene rings is 2. The van der Waals surface area contributed by atoms with Crippen molar-refractivity contribution < 1.29 is 19.5 Å². The smallest absolute Gasteiger partial charge is 0.335 e. The minimum absolute atomic E-state index is 0.0276. The zero-order chi connectivity index (χ0) is 20.1. The van der Waals surface area contributed by atoms with E-state index in [1.54, 1.807) is 30.3 Å². The third-order valence-corrected chi connectivity index (χ3v) is 5.55. The van der Waals surface area contributed by atoms with Crippen molar-refractivity contribution in [1.82, 2.24) is 4.90 Å². The number of carbonyl (C=O) groups is 3. The lowest BCUT2D eigenvalue weighted by Gasteiger charge is -2.26. The molecule has 2 N–H and O–H groups in total. The van der Waals surface area contributed by atoms with Gasteiger partial charge in [-0.2, -0.15) is 11.8 Å². The first kappa shape index (κ1) is 19.9. The number of carboxylic acid groups (broad SMARTS) is 1. The van der Waals surface area contributed by atoms with Crippen LogP contribution in [-0.4, -0.2) is 52.4 Å². The second-order valence-corrected chi connectivity index (χ2v) is 7.89. The number of rotatable bonds is 5. The lowest BCUT2D eigenvalue weighted by molar-refractivity contribution is -0.115. The van der Waals surface area contributed by atoms with Crippen molar-refractivity contribution >= 4 is 35.2 Å². The molecule has 7 heteroatoms. The van der Waals surface area contributed by atoms with E-state index in [9.17, 15) is 14.4 Å². The van der Waals surface area contributed by atoms with E-state index in [0.29, 0.717) is 11.3 Å². The molecule has 2 aromatic carbocycles. The minimum Gasteiger partial charge on any atom is -0.478 e. The molecule has 2 amide bonds. The van der Waals surface area contributed by atoms with Gasteiger partial charge in [0, 0.05) is 35.8 Å². The Labute approximate surface area is 167 Å². The highest BCUT2D eigenvalue weighted by atomic mass is 32.2. The lowest BCUT2D eigenvalue weighted by atomic mass is 10.1. The summed E-state index contributed by atoms with van der Waals surface area (Å²) < 4.78 is 0. The van der Waals surface area contributed by atoms with Crippen molar-refractivity contribution in [2.45, 2.75) is 13.3 Å². The van der Waals surface area contributed by atoms with Gasteiger partial charge in [-0.25, -0.2) is 4.79 Å². The van der Waals surface area contributed by atoms with Gasteiger partial charge in [0.1, 0.15) is 0 Å². The lowest BCUT2D eigenvalue weighted by Crippen LogP contribution is -2.37. The van der Waals surface area contributed by atoms with Gasteiger partial charge in [-0.1, -0.05) is 12.1 Å². The third-order valence-electron chi connectivity index (χ3n) is 4.61. The molecule has 146 valence electrons. The third kappa shape index (κ3) is 4.92. The number of aryl methyl sites for hydroxylation is 1. The first-order valence-electron chi connectivity index (χ1n) is 9.04. The van der Waals surface area contributed by atoms with E-state index in [1.165, 1.54) is 12.1 Å². The molecule has 0 saturated carbocycles. The summed E-state index contributed by atoms with van der Waals surface area (Å²) in [7, 11) is 0. The highest BCUT2D eigenvalue weighted by Crippen LogP contribution is 2.20. The molecule has 1 aliphatic heterocycles. The summed E-state index contributed by atoms with van der Waals surface area (Å²) in [6, 6.07) is 11.5. The molecule has 0 spiro atoms.